The fourth-order valence-corrected chi connectivity index (χ4v) is 3.05. The summed E-state index contributed by atoms with van der Waals surface area (Å²) in [5, 5.41) is 5.46. The minimum atomic E-state index is -0.412. The maximum atomic E-state index is 12.4. The second kappa shape index (κ2) is 7.23. The molecular weight excluding hydrogens is 342 g/mol. The number of nitrogens with zero attached hydrogens (tertiary/aromatic N) is 1. The molecule has 0 bridgehead atoms. The zero-order valence-electron chi connectivity index (χ0n) is 15.9. The Morgan fingerprint density at radius 1 is 0.815 bits per heavy atom. The first-order valence-corrected chi connectivity index (χ1v) is 8.98. The van der Waals surface area contributed by atoms with Crippen molar-refractivity contribution >= 4 is 29.2 Å². The van der Waals surface area contributed by atoms with Crippen molar-refractivity contribution in [2.75, 3.05) is 10.6 Å². The van der Waals surface area contributed by atoms with E-state index in [4.69, 9.17) is 0 Å². The lowest BCUT2D eigenvalue weighted by Crippen LogP contribution is -2.35. The van der Waals surface area contributed by atoms with E-state index in [-0.39, 0.29) is 17.9 Å². The SMILES string of the molecule is CC(C)c1ccc(NC(=O)Nc2ccc3c(c2)C(=O)N(C(C)C)C3=O)cc1. The topological polar surface area (TPSA) is 78.5 Å². The third kappa shape index (κ3) is 3.69. The maximum absolute atomic E-state index is 12.4. The number of nitrogens with one attached hydrogen (secondary N) is 2. The smallest absolute Gasteiger partial charge is 0.308 e. The van der Waals surface area contributed by atoms with E-state index >= 15 is 0 Å². The summed E-state index contributed by atoms with van der Waals surface area (Å²) < 4.78 is 0. The molecule has 2 aromatic rings. The number of anilines is 2. The molecular formula is C21H23N3O3. The van der Waals surface area contributed by atoms with E-state index in [0.29, 0.717) is 28.4 Å². The van der Waals surface area contributed by atoms with Crippen LogP contribution in [0.15, 0.2) is 42.5 Å². The van der Waals surface area contributed by atoms with Crippen molar-refractivity contribution in [3.05, 3.63) is 59.2 Å². The van der Waals surface area contributed by atoms with Gasteiger partial charge < -0.3 is 10.6 Å². The molecule has 0 radical (unpaired) electrons. The number of hydrogen-bond donors (Lipinski definition) is 2. The number of imide groups is 1. The summed E-state index contributed by atoms with van der Waals surface area (Å²) >= 11 is 0. The quantitative estimate of drug-likeness (QED) is 0.785. The van der Waals surface area contributed by atoms with E-state index in [1.54, 1.807) is 32.0 Å². The Hall–Kier alpha value is -3.15. The predicted octanol–water partition coefficient (Wildman–Crippen LogP) is 4.46. The lowest BCUT2D eigenvalue weighted by atomic mass is 10.0. The van der Waals surface area contributed by atoms with E-state index < -0.39 is 6.03 Å². The van der Waals surface area contributed by atoms with Crippen molar-refractivity contribution in [2.24, 2.45) is 0 Å². The molecule has 0 saturated carbocycles. The Bertz CT molecular complexity index is 901. The van der Waals surface area contributed by atoms with Gasteiger partial charge in [0.15, 0.2) is 0 Å². The van der Waals surface area contributed by atoms with Crippen LogP contribution in [0.25, 0.3) is 0 Å². The molecule has 0 unspecified atom stereocenters. The van der Waals surface area contributed by atoms with Crippen molar-refractivity contribution in [3.63, 3.8) is 0 Å². The molecule has 3 rings (SSSR count). The second-order valence-corrected chi connectivity index (χ2v) is 7.19. The van der Waals surface area contributed by atoms with E-state index in [9.17, 15) is 14.4 Å². The first kappa shape index (κ1) is 18.6. The highest BCUT2D eigenvalue weighted by Gasteiger charge is 2.37. The first-order valence-electron chi connectivity index (χ1n) is 8.98. The third-order valence-electron chi connectivity index (χ3n) is 4.53. The minimum Gasteiger partial charge on any atom is -0.308 e. The molecule has 4 amide bonds. The standard InChI is InChI=1S/C21H23N3O3/c1-12(2)14-5-7-15(8-6-14)22-21(27)23-16-9-10-17-18(11-16)20(26)24(13(3)4)19(17)25/h5-13H,1-4H3,(H2,22,23,27). The average molecular weight is 365 g/mol. The monoisotopic (exact) mass is 365 g/mol. The number of rotatable bonds is 4. The highest BCUT2D eigenvalue weighted by atomic mass is 16.2. The van der Waals surface area contributed by atoms with Gasteiger partial charge in [0.1, 0.15) is 0 Å². The maximum Gasteiger partial charge on any atom is 0.323 e. The summed E-state index contributed by atoms with van der Waals surface area (Å²) in [7, 11) is 0. The molecule has 0 saturated heterocycles. The first-order chi connectivity index (χ1) is 12.8. The number of amides is 4. The molecule has 27 heavy (non-hydrogen) atoms. The highest BCUT2D eigenvalue weighted by Crippen LogP contribution is 2.27. The van der Waals surface area contributed by atoms with Crippen LogP contribution in [-0.2, 0) is 0 Å². The minimum absolute atomic E-state index is 0.217. The van der Waals surface area contributed by atoms with Gasteiger partial charge in [-0.15, -0.1) is 0 Å². The van der Waals surface area contributed by atoms with Crippen LogP contribution in [0.4, 0.5) is 16.2 Å². The Kier molecular flexibility index (Phi) is 4.99. The third-order valence-corrected chi connectivity index (χ3v) is 4.53. The number of urea groups is 1. The fraction of sp³-hybridized carbons (Fsp3) is 0.286. The largest absolute Gasteiger partial charge is 0.323 e. The molecule has 0 atom stereocenters. The van der Waals surface area contributed by atoms with Gasteiger partial charge in [0.25, 0.3) is 11.8 Å². The Morgan fingerprint density at radius 3 is 1.96 bits per heavy atom. The van der Waals surface area contributed by atoms with Gasteiger partial charge in [0.05, 0.1) is 11.1 Å². The second-order valence-electron chi connectivity index (χ2n) is 7.19. The van der Waals surface area contributed by atoms with Crippen LogP contribution in [0.3, 0.4) is 0 Å². The van der Waals surface area contributed by atoms with Crippen molar-refractivity contribution in [1.82, 2.24) is 4.90 Å². The van der Waals surface area contributed by atoms with Gasteiger partial charge in [0.2, 0.25) is 0 Å². The van der Waals surface area contributed by atoms with Gasteiger partial charge in [0, 0.05) is 17.4 Å². The number of fused-ring (bicyclic) bond motifs is 1. The summed E-state index contributed by atoms with van der Waals surface area (Å²) in [4.78, 5) is 38.2. The van der Waals surface area contributed by atoms with Crippen LogP contribution in [0.1, 0.15) is 59.9 Å². The van der Waals surface area contributed by atoms with Gasteiger partial charge in [-0.2, -0.15) is 0 Å². The summed E-state index contributed by atoms with van der Waals surface area (Å²) in [5.74, 6) is -0.213. The van der Waals surface area contributed by atoms with E-state index in [2.05, 4.69) is 24.5 Å². The van der Waals surface area contributed by atoms with Gasteiger partial charge >= 0.3 is 6.03 Å². The fourth-order valence-electron chi connectivity index (χ4n) is 3.05. The van der Waals surface area contributed by atoms with Gasteiger partial charge in [-0.25, -0.2) is 4.79 Å². The zero-order valence-corrected chi connectivity index (χ0v) is 15.9. The van der Waals surface area contributed by atoms with Crippen molar-refractivity contribution in [3.8, 4) is 0 Å². The zero-order chi connectivity index (χ0) is 19.7. The molecule has 0 aliphatic carbocycles. The number of carbonyl (C=O) groups excluding carboxylic acids is 3. The Labute approximate surface area is 158 Å². The molecule has 6 heteroatoms. The Morgan fingerprint density at radius 2 is 1.37 bits per heavy atom. The molecule has 2 N–H and O–H groups in total. The van der Waals surface area contributed by atoms with Crippen molar-refractivity contribution in [2.45, 2.75) is 39.7 Å². The van der Waals surface area contributed by atoms with Crippen LogP contribution < -0.4 is 10.6 Å². The summed E-state index contributed by atoms with van der Waals surface area (Å²) in [5.41, 5.74) is 3.00. The summed E-state index contributed by atoms with van der Waals surface area (Å²) in [6, 6.07) is 11.7. The van der Waals surface area contributed by atoms with Crippen molar-refractivity contribution < 1.29 is 14.4 Å². The molecule has 0 aromatic heterocycles. The highest BCUT2D eigenvalue weighted by molar-refractivity contribution is 6.22. The van der Waals surface area contributed by atoms with E-state index in [1.807, 2.05) is 24.3 Å². The number of benzene rings is 2. The van der Waals surface area contributed by atoms with E-state index in [0.717, 1.165) is 0 Å². The molecule has 1 heterocycles. The molecule has 1 aliphatic rings. The van der Waals surface area contributed by atoms with E-state index in [1.165, 1.54) is 10.5 Å². The molecule has 2 aromatic carbocycles. The van der Waals surface area contributed by atoms with Gasteiger partial charge in [-0.3, -0.25) is 14.5 Å². The van der Waals surface area contributed by atoms with Crippen LogP contribution in [-0.4, -0.2) is 28.8 Å². The lowest BCUT2D eigenvalue weighted by Gasteiger charge is -2.17. The number of hydrogen-bond acceptors (Lipinski definition) is 3. The normalized spacial score (nSPS) is 13.3. The molecule has 0 spiro atoms. The molecule has 0 fully saturated rings. The summed E-state index contributed by atoms with van der Waals surface area (Å²) in [6.45, 7) is 7.79. The summed E-state index contributed by atoms with van der Waals surface area (Å²) in [6.07, 6.45) is 0. The molecule has 140 valence electrons. The van der Waals surface area contributed by atoms with Crippen molar-refractivity contribution in [1.29, 1.82) is 0 Å². The average Bonchev–Trinajstić information content (AvgIpc) is 2.86. The molecule has 1 aliphatic heterocycles. The van der Waals surface area contributed by atoms with Crippen LogP contribution in [0.2, 0.25) is 0 Å². The number of carbonyl (C=O) groups is 3. The lowest BCUT2D eigenvalue weighted by molar-refractivity contribution is 0.0609. The molecule has 6 nitrogen and oxygen atoms in total. The van der Waals surface area contributed by atoms with Crippen LogP contribution in [0, 0.1) is 0 Å². The van der Waals surface area contributed by atoms with Gasteiger partial charge in [-0.1, -0.05) is 26.0 Å². The van der Waals surface area contributed by atoms with Crippen LogP contribution >= 0.6 is 0 Å². The van der Waals surface area contributed by atoms with Gasteiger partial charge in [-0.05, 0) is 55.7 Å². The Balaban J connectivity index is 1.71. The predicted molar refractivity (Wildman–Crippen MR) is 105 cm³/mol. The van der Waals surface area contributed by atoms with Crippen LogP contribution in [0.5, 0.6) is 0 Å².